The van der Waals surface area contributed by atoms with Gasteiger partial charge in [-0.1, -0.05) is 11.3 Å². The molecule has 0 saturated heterocycles. The number of ether oxygens (including phenoxy) is 1. The molecule has 0 N–H and O–H groups in total. The highest BCUT2D eigenvalue weighted by Crippen LogP contribution is 2.50. The Morgan fingerprint density at radius 1 is 1.53 bits per heavy atom. The van der Waals surface area contributed by atoms with Gasteiger partial charge in [0, 0.05) is 0 Å². The van der Waals surface area contributed by atoms with Gasteiger partial charge in [-0.25, -0.2) is 0 Å². The molecule has 1 aliphatic rings. The Kier molecular flexibility index (Phi) is 2.19. The van der Waals surface area contributed by atoms with Crippen LogP contribution in [-0.4, -0.2) is 32.4 Å². The number of fused-ring (bicyclic) bond motifs is 1. The Balaban J connectivity index is 2.00. The first-order chi connectivity index (χ1) is 8.17. The number of carbonyl (C=O) groups is 1. The van der Waals surface area contributed by atoms with Crippen LogP contribution in [0, 0.1) is 6.92 Å². The van der Waals surface area contributed by atoms with Gasteiger partial charge in [-0.15, -0.1) is 10.2 Å². The van der Waals surface area contributed by atoms with Crippen molar-refractivity contribution in [1.29, 1.82) is 0 Å². The molecule has 1 fully saturated rings. The normalized spacial score (nSPS) is 17.3. The zero-order valence-electron chi connectivity index (χ0n) is 9.63. The Hall–Kier alpha value is -1.50. The predicted octanol–water partition coefficient (Wildman–Crippen LogP) is 1.09. The molecule has 0 aromatic carbocycles. The average molecular weight is 252 g/mol. The van der Waals surface area contributed by atoms with E-state index in [4.69, 9.17) is 4.74 Å². The maximum atomic E-state index is 11.9. The smallest absolute Gasteiger partial charge is 0.319 e. The van der Waals surface area contributed by atoms with Crippen molar-refractivity contribution in [3.63, 3.8) is 0 Å². The molecule has 2 aromatic rings. The maximum absolute atomic E-state index is 11.9. The maximum Gasteiger partial charge on any atom is 0.319 e. The van der Waals surface area contributed by atoms with Gasteiger partial charge < -0.3 is 4.74 Å². The topological polar surface area (TPSA) is 69.4 Å². The number of esters is 1. The molecule has 17 heavy (non-hydrogen) atoms. The van der Waals surface area contributed by atoms with Crippen molar-refractivity contribution < 1.29 is 9.53 Å². The number of aryl methyl sites for hydroxylation is 1. The van der Waals surface area contributed by atoms with Crippen molar-refractivity contribution >= 4 is 22.3 Å². The van der Waals surface area contributed by atoms with Crippen molar-refractivity contribution in [1.82, 2.24) is 19.8 Å². The van der Waals surface area contributed by atoms with E-state index in [1.807, 2.05) is 13.8 Å². The van der Waals surface area contributed by atoms with Crippen molar-refractivity contribution in [3.05, 3.63) is 10.8 Å². The summed E-state index contributed by atoms with van der Waals surface area (Å²) in [5.41, 5.74) is -0.506. The molecule has 2 heterocycles. The van der Waals surface area contributed by atoms with Gasteiger partial charge in [-0.3, -0.25) is 4.79 Å². The Bertz CT molecular complexity index is 584. The summed E-state index contributed by atoms with van der Waals surface area (Å²) in [7, 11) is 0. The van der Waals surface area contributed by atoms with E-state index in [-0.39, 0.29) is 5.97 Å². The first kappa shape index (κ1) is 10.6. The number of hydrogen-bond acceptors (Lipinski definition) is 6. The van der Waals surface area contributed by atoms with Gasteiger partial charge in [-0.05, 0) is 26.7 Å². The number of hydrogen-bond donors (Lipinski definition) is 0. The van der Waals surface area contributed by atoms with Gasteiger partial charge in [0.2, 0.25) is 4.96 Å². The second-order valence-corrected chi connectivity index (χ2v) is 5.11. The SMILES string of the molecule is CCOC(=O)C1(c2nn3c(C)nnc3s2)CC1. The molecule has 0 aliphatic heterocycles. The standard InChI is InChI=1S/C10H12N4O2S/c1-3-16-8(15)10(4-5-10)7-13-14-6(2)11-12-9(14)17-7/h3-5H2,1-2H3. The largest absolute Gasteiger partial charge is 0.465 e. The summed E-state index contributed by atoms with van der Waals surface area (Å²) in [4.78, 5) is 12.6. The van der Waals surface area contributed by atoms with E-state index >= 15 is 0 Å². The highest BCUT2D eigenvalue weighted by molar-refractivity contribution is 7.17. The molecule has 0 bridgehead atoms. The minimum absolute atomic E-state index is 0.164. The number of aromatic nitrogens is 4. The predicted molar refractivity (Wildman–Crippen MR) is 60.9 cm³/mol. The lowest BCUT2D eigenvalue weighted by atomic mass is 10.1. The molecule has 1 saturated carbocycles. The number of nitrogens with zero attached hydrogens (tertiary/aromatic N) is 4. The molecular formula is C10H12N4O2S. The molecule has 90 valence electrons. The summed E-state index contributed by atoms with van der Waals surface area (Å²) >= 11 is 1.42. The number of rotatable bonds is 3. The van der Waals surface area contributed by atoms with Crippen LogP contribution in [0.1, 0.15) is 30.6 Å². The van der Waals surface area contributed by atoms with Crippen molar-refractivity contribution in [3.8, 4) is 0 Å². The Labute approximate surface area is 102 Å². The summed E-state index contributed by atoms with van der Waals surface area (Å²) in [5.74, 6) is 0.574. The van der Waals surface area contributed by atoms with Crippen molar-refractivity contribution in [2.45, 2.75) is 32.1 Å². The summed E-state index contributed by atoms with van der Waals surface area (Å²) in [6.07, 6.45) is 1.63. The molecule has 1 aliphatic carbocycles. The van der Waals surface area contributed by atoms with Crippen LogP contribution in [0.25, 0.3) is 4.96 Å². The van der Waals surface area contributed by atoms with Crippen molar-refractivity contribution in [2.75, 3.05) is 6.61 Å². The molecular weight excluding hydrogens is 240 g/mol. The highest BCUT2D eigenvalue weighted by atomic mass is 32.1. The molecule has 0 atom stereocenters. The molecule has 2 aromatic heterocycles. The fourth-order valence-electron chi connectivity index (χ4n) is 1.81. The van der Waals surface area contributed by atoms with E-state index in [1.165, 1.54) is 11.3 Å². The van der Waals surface area contributed by atoms with Gasteiger partial charge in [0.05, 0.1) is 6.61 Å². The third-order valence-electron chi connectivity index (χ3n) is 2.97. The minimum Gasteiger partial charge on any atom is -0.465 e. The molecule has 3 rings (SSSR count). The lowest BCUT2D eigenvalue weighted by Gasteiger charge is -2.09. The highest BCUT2D eigenvalue weighted by Gasteiger charge is 2.55. The second-order valence-electron chi connectivity index (χ2n) is 4.15. The van der Waals surface area contributed by atoms with Crippen molar-refractivity contribution in [2.24, 2.45) is 0 Å². The zero-order valence-corrected chi connectivity index (χ0v) is 10.5. The minimum atomic E-state index is -0.506. The third-order valence-corrected chi connectivity index (χ3v) is 4.08. The lowest BCUT2D eigenvalue weighted by Crippen LogP contribution is -2.23. The van der Waals surface area contributed by atoms with E-state index < -0.39 is 5.41 Å². The summed E-state index contributed by atoms with van der Waals surface area (Å²) in [6, 6.07) is 0. The van der Waals surface area contributed by atoms with Crippen LogP contribution < -0.4 is 0 Å². The van der Waals surface area contributed by atoms with Gasteiger partial charge in [0.15, 0.2) is 5.82 Å². The van der Waals surface area contributed by atoms with Crippen LogP contribution in [0.4, 0.5) is 0 Å². The average Bonchev–Trinajstić information content (AvgIpc) is 2.90. The molecule has 0 spiro atoms. The third kappa shape index (κ3) is 1.45. The quantitative estimate of drug-likeness (QED) is 0.765. The van der Waals surface area contributed by atoms with Crippen LogP contribution >= 0.6 is 11.3 Å². The van der Waals surface area contributed by atoms with E-state index in [1.54, 1.807) is 4.52 Å². The van der Waals surface area contributed by atoms with E-state index in [0.717, 1.165) is 28.6 Å². The van der Waals surface area contributed by atoms with Crippen LogP contribution in [0.5, 0.6) is 0 Å². The fourth-order valence-corrected chi connectivity index (χ4v) is 2.93. The fraction of sp³-hybridized carbons (Fsp3) is 0.600. The summed E-state index contributed by atoms with van der Waals surface area (Å²) < 4.78 is 6.79. The van der Waals surface area contributed by atoms with E-state index in [9.17, 15) is 4.79 Å². The Morgan fingerprint density at radius 3 is 2.88 bits per heavy atom. The first-order valence-electron chi connectivity index (χ1n) is 5.54. The van der Waals surface area contributed by atoms with Crippen LogP contribution in [0.3, 0.4) is 0 Å². The summed E-state index contributed by atoms with van der Waals surface area (Å²) in [5, 5.41) is 13.1. The second kappa shape index (κ2) is 3.49. The van der Waals surface area contributed by atoms with Gasteiger partial charge in [-0.2, -0.15) is 9.61 Å². The molecule has 0 radical (unpaired) electrons. The zero-order chi connectivity index (χ0) is 12.0. The monoisotopic (exact) mass is 252 g/mol. The lowest BCUT2D eigenvalue weighted by molar-refractivity contribution is -0.146. The number of carbonyl (C=O) groups excluding carboxylic acids is 1. The molecule has 6 nitrogen and oxygen atoms in total. The molecule has 0 unspecified atom stereocenters. The Morgan fingerprint density at radius 2 is 2.29 bits per heavy atom. The van der Waals surface area contributed by atoms with Crippen LogP contribution in [0.2, 0.25) is 0 Å². The van der Waals surface area contributed by atoms with E-state index in [0.29, 0.717) is 6.61 Å². The molecule has 7 heteroatoms. The van der Waals surface area contributed by atoms with Crippen LogP contribution in [0.15, 0.2) is 0 Å². The van der Waals surface area contributed by atoms with E-state index in [2.05, 4.69) is 15.3 Å². The van der Waals surface area contributed by atoms with Gasteiger partial charge in [0.1, 0.15) is 10.4 Å². The summed E-state index contributed by atoms with van der Waals surface area (Å²) in [6.45, 7) is 4.06. The van der Waals surface area contributed by atoms with Gasteiger partial charge >= 0.3 is 5.97 Å². The first-order valence-corrected chi connectivity index (χ1v) is 6.35. The van der Waals surface area contributed by atoms with Crippen LogP contribution in [-0.2, 0) is 14.9 Å². The molecule has 0 amide bonds. The van der Waals surface area contributed by atoms with Gasteiger partial charge in [0.25, 0.3) is 0 Å².